The van der Waals surface area contributed by atoms with Gasteiger partial charge in [-0.25, -0.2) is 18.1 Å². The number of sulfonamides is 1. The van der Waals surface area contributed by atoms with E-state index in [0.29, 0.717) is 25.3 Å². The summed E-state index contributed by atoms with van der Waals surface area (Å²) < 4.78 is 30.4. The van der Waals surface area contributed by atoms with Crippen LogP contribution in [0.1, 0.15) is 18.4 Å². The fourth-order valence-corrected chi connectivity index (χ4v) is 3.11. The molecule has 2 heterocycles. The van der Waals surface area contributed by atoms with Crippen molar-refractivity contribution in [2.75, 3.05) is 6.54 Å². The second kappa shape index (κ2) is 6.37. The molecule has 116 valence electrons. The Kier molecular flexibility index (Phi) is 4.76. The van der Waals surface area contributed by atoms with Crippen molar-refractivity contribution in [3.05, 3.63) is 30.1 Å². The van der Waals surface area contributed by atoms with Crippen LogP contribution in [-0.2, 0) is 36.6 Å². The minimum Gasteiger partial charge on any atom is -0.349 e. The number of hydrogen-bond acceptors (Lipinski definition) is 5. The van der Waals surface area contributed by atoms with Crippen LogP contribution >= 0.6 is 0 Å². The van der Waals surface area contributed by atoms with E-state index in [1.807, 2.05) is 11.5 Å². The molecule has 0 bridgehead atoms. The van der Waals surface area contributed by atoms with Crippen molar-refractivity contribution in [3.8, 4) is 0 Å². The second-order valence-electron chi connectivity index (χ2n) is 4.64. The third kappa shape index (κ3) is 3.69. The standard InChI is InChI=1S/C12H20N6O2S/c1-3-18-8-11(6-10(18)7-13)21(19,20)15-5-4-12-14-9-17(2)16-12/h6,8-9,15H,3-5,7,13H2,1-2H3. The number of aromatic nitrogens is 4. The largest absolute Gasteiger partial charge is 0.349 e. The van der Waals surface area contributed by atoms with Crippen LogP contribution in [0.25, 0.3) is 0 Å². The molecule has 0 amide bonds. The summed E-state index contributed by atoms with van der Waals surface area (Å²) in [5.74, 6) is 0.606. The van der Waals surface area contributed by atoms with Gasteiger partial charge in [0.2, 0.25) is 10.0 Å². The maximum Gasteiger partial charge on any atom is 0.242 e. The third-order valence-corrected chi connectivity index (χ3v) is 4.54. The fourth-order valence-electron chi connectivity index (χ4n) is 2.02. The number of nitrogens with one attached hydrogen (secondary N) is 1. The summed E-state index contributed by atoms with van der Waals surface area (Å²) in [5.41, 5.74) is 6.40. The zero-order valence-corrected chi connectivity index (χ0v) is 13.0. The molecule has 2 rings (SSSR count). The normalized spacial score (nSPS) is 12.0. The Morgan fingerprint density at radius 1 is 1.43 bits per heavy atom. The predicted molar refractivity (Wildman–Crippen MR) is 77.9 cm³/mol. The monoisotopic (exact) mass is 312 g/mol. The molecule has 2 aromatic rings. The Labute approximate surface area is 124 Å². The lowest BCUT2D eigenvalue weighted by molar-refractivity contribution is 0.580. The molecular formula is C12H20N6O2S. The van der Waals surface area contributed by atoms with E-state index in [1.165, 1.54) is 0 Å². The minimum absolute atomic E-state index is 0.235. The summed E-state index contributed by atoms with van der Waals surface area (Å²) in [4.78, 5) is 4.28. The van der Waals surface area contributed by atoms with E-state index in [1.54, 1.807) is 30.3 Å². The van der Waals surface area contributed by atoms with Gasteiger partial charge in [0.15, 0.2) is 5.82 Å². The van der Waals surface area contributed by atoms with Crippen LogP contribution in [0.15, 0.2) is 23.5 Å². The lowest BCUT2D eigenvalue weighted by Gasteiger charge is -2.03. The van der Waals surface area contributed by atoms with Gasteiger partial charge in [-0.1, -0.05) is 0 Å². The van der Waals surface area contributed by atoms with Crippen molar-refractivity contribution in [3.63, 3.8) is 0 Å². The molecule has 0 radical (unpaired) electrons. The molecule has 0 aliphatic heterocycles. The topological polar surface area (TPSA) is 108 Å². The van der Waals surface area contributed by atoms with Crippen LogP contribution in [0.5, 0.6) is 0 Å². The summed E-state index contributed by atoms with van der Waals surface area (Å²) >= 11 is 0. The first kappa shape index (κ1) is 15.7. The number of hydrogen-bond donors (Lipinski definition) is 2. The Balaban J connectivity index is 2.02. The summed E-state index contributed by atoms with van der Waals surface area (Å²) in [5, 5.41) is 4.10. The van der Waals surface area contributed by atoms with Gasteiger partial charge >= 0.3 is 0 Å². The SMILES string of the molecule is CCn1cc(S(=O)(=O)NCCc2ncn(C)n2)cc1CN. The van der Waals surface area contributed by atoms with E-state index in [2.05, 4.69) is 14.8 Å². The predicted octanol–water partition coefficient (Wildman–Crippen LogP) is -0.384. The van der Waals surface area contributed by atoms with Gasteiger partial charge in [-0.05, 0) is 13.0 Å². The van der Waals surface area contributed by atoms with E-state index < -0.39 is 10.0 Å². The van der Waals surface area contributed by atoms with Gasteiger partial charge in [-0.15, -0.1) is 0 Å². The van der Waals surface area contributed by atoms with Crippen LogP contribution < -0.4 is 10.5 Å². The smallest absolute Gasteiger partial charge is 0.242 e. The average Bonchev–Trinajstić information content (AvgIpc) is 3.04. The van der Waals surface area contributed by atoms with Crippen molar-refractivity contribution in [1.82, 2.24) is 24.1 Å². The van der Waals surface area contributed by atoms with E-state index in [9.17, 15) is 8.42 Å². The number of nitrogens with two attached hydrogens (primary N) is 1. The first-order valence-corrected chi connectivity index (χ1v) is 8.18. The van der Waals surface area contributed by atoms with Gasteiger partial charge in [0.25, 0.3) is 0 Å². The van der Waals surface area contributed by atoms with Crippen molar-refractivity contribution >= 4 is 10.0 Å². The molecule has 21 heavy (non-hydrogen) atoms. The van der Waals surface area contributed by atoms with Crippen molar-refractivity contribution in [1.29, 1.82) is 0 Å². The maximum absolute atomic E-state index is 12.2. The van der Waals surface area contributed by atoms with Crippen LogP contribution in [0, 0.1) is 0 Å². The molecule has 0 aromatic carbocycles. The molecule has 0 spiro atoms. The average molecular weight is 312 g/mol. The first-order valence-electron chi connectivity index (χ1n) is 6.69. The van der Waals surface area contributed by atoms with Crippen molar-refractivity contribution in [2.24, 2.45) is 12.8 Å². The highest BCUT2D eigenvalue weighted by Gasteiger charge is 2.17. The quantitative estimate of drug-likeness (QED) is 0.724. The Morgan fingerprint density at radius 2 is 2.19 bits per heavy atom. The first-order chi connectivity index (χ1) is 9.96. The molecule has 0 aliphatic rings. The van der Waals surface area contributed by atoms with E-state index >= 15 is 0 Å². The van der Waals surface area contributed by atoms with Crippen molar-refractivity contribution in [2.45, 2.75) is 31.3 Å². The Hall–Kier alpha value is -1.71. The molecule has 3 N–H and O–H groups in total. The molecule has 8 nitrogen and oxygen atoms in total. The van der Waals surface area contributed by atoms with E-state index in [0.717, 1.165) is 5.69 Å². The minimum atomic E-state index is -3.53. The lowest BCUT2D eigenvalue weighted by Crippen LogP contribution is -2.26. The van der Waals surface area contributed by atoms with Crippen LogP contribution in [0.3, 0.4) is 0 Å². The summed E-state index contributed by atoms with van der Waals surface area (Å²) in [6.45, 7) is 3.18. The van der Waals surface area contributed by atoms with Crippen molar-refractivity contribution < 1.29 is 8.42 Å². The third-order valence-electron chi connectivity index (χ3n) is 3.11. The fraction of sp³-hybridized carbons (Fsp3) is 0.500. The highest BCUT2D eigenvalue weighted by molar-refractivity contribution is 7.89. The van der Waals surface area contributed by atoms with Crippen LogP contribution in [0.2, 0.25) is 0 Å². The molecule has 9 heteroatoms. The summed E-state index contributed by atoms with van der Waals surface area (Å²) in [7, 11) is -1.77. The molecule has 0 saturated heterocycles. The zero-order valence-electron chi connectivity index (χ0n) is 12.2. The second-order valence-corrected chi connectivity index (χ2v) is 6.41. The number of nitrogens with zero attached hydrogens (tertiary/aromatic N) is 4. The Bertz CT molecular complexity index is 682. The highest BCUT2D eigenvalue weighted by Crippen LogP contribution is 2.14. The van der Waals surface area contributed by atoms with Gasteiger partial charge in [-0.2, -0.15) is 5.10 Å². The van der Waals surface area contributed by atoms with Gasteiger partial charge < -0.3 is 10.3 Å². The number of aryl methyl sites for hydroxylation is 2. The molecule has 0 aliphatic carbocycles. The highest BCUT2D eigenvalue weighted by atomic mass is 32.2. The molecule has 2 aromatic heterocycles. The summed E-state index contributed by atoms with van der Waals surface area (Å²) in [6, 6.07) is 1.60. The number of rotatable bonds is 7. The van der Waals surface area contributed by atoms with Gasteiger partial charge in [0.1, 0.15) is 6.33 Å². The van der Waals surface area contributed by atoms with E-state index in [4.69, 9.17) is 5.73 Å². The van der Waals surface area contributed by atoms with Gasteiger partial charge in [0.05, 0.1) is 4.90 Å². The molecular weight excluding hydrogens is 292 g/mol. The lowest BCUT2D eigenvalue weighted by atomic mass is 10.4. The van der Waals surface area contributed by atoms with Crippen LogP contribution in [-0.4, -0.2) is 34.3 Å². The molecule has 0 fully saturated rings. The van der Waals surface area contributed by atoms with Crippen LogP contribution in [0.4, 0.5) is 0 Å². The molecule has 0 unspecified atom stereocenters. The van der Waals surface area contributed by atoms with E-state index in [-0.39, 0.29) is 11.4 Å². The summed E-state index contributed by atoms with van der Waals surface area (Å²) in [6.07, 6.45) is 3.63. The Morgan fingerprint density at radius 3 is 2.71 bits per heavy atom. The molecule has 0 atom stereocenters. The van der Waals surface area contributed by atoms with Gasteiger partial charge in [0, 0.05) is 45.0 Å². The van der Waals surface area contributed by atoms with Gasteiger partial charge in [-0.3, -0.25) is 4.68 Å². The maximum atomic E-state index is 12.2. The zero-order chi connectivity index (χ0) is 15.5. The molecule has 0 saturated carbocycles.